The first-order valence-corrected chi connectivity index (χ1v) is 7.28. The van der Waals surface area contributed by atoms with Crippen molar-refractivity contribution in [1.82, 2.24) is 5.32 Å². The highest BCUT2D eigenvalue weighted by Crippen LogP contribution is 2.28. The van der Waals surface area contributed by atoms with Gasteiger partial charge < -0.3 is 5.32 Å². The topological polar surface area (TPSA) is 35.8 Å². The average molecular weight is 256 g/mol. The number of hydrogen-bond donors (Lipinski definition) is 1. The standard InChI is InChI=1S/C17H24N2/c1-13(11-18)19-12-17(2,3)16-9-8-14-6-4-5-7-15(14)10-16/h8-10,13,19H,4-7,12H2,1-3H3. The summed E-state index contributed by atoms with van der Waals surface area (Å²) in [5.74, 6) is 0. The van der Waals surface area contributed by atoms with Crippen molar-refractivity contribution in [3.8, 4) is 6.07 Å². The van der Waals surface area contributed by atoms with Gasteiger partial charge in [-0.1, -0.05) is 32.0 Å². The lowest BCUT2D eigenvalue weighted by Gasteiger charge is -2.28. The molecule has 0 aromatic heterocycles. The zero-order valence-electron chi connectivity index (χ0n) is 12.3. The molecule has 102 valence electrons. The second-order valence-corrected chi connectivity index (χ2v) is 6.31. The normalized spacial score (nSPS) is 16.5. The van der Waals surface area contributed by atoms with Crippen LogP contribution >= 0.6 is 0 Å². The zero-order valence-corrected chi connectivity index (χ0v) is 12.3. The van der Waals surface area contributed by atoms with Gasteiger partial charge in [0, 0.05) is 12.0 Å². The smallest absolute Gasteiger partial charge is 0.0924 e. The maximum Gasteiger partial charge on any atom is 0.0924 e. The first kappa shape index (κ1) is 14.1. The maximum atomic E-state index is 8.85. The number of nitrogens with one attached hydrogen (secondary N) is 1. The van der Waals surface area contributed by atoms with Crippen LogP contribution < -0.4 is 5.32 Å². The van der Waals surface area contributed by atoms with E-state index in [4.69, 9.17) is 5.26 Å². The summed E-state index contributed by atoms with van der Waals surface area (Å²) in [5.41, 5.74) is 4.51. The highest BCUT2D eigenvalue weighted by Gasteiger charge is 2.22. The quantitative estimate of drug-likeness (QED) is 0.896. The average Bonchev–Trinajstić information content (AvgIpc) is 2.44. The van der Waals surface area contributed by atoms with E-state index in [0.717, 1.165) is 6.54 Å². The minimum absolute atomic E-state index is 0.0671. The fourth-order valence-corrected chi connectivity index (χ4v) is 2.71. The Bertz CT molecular complexity index is 483. The van der Waals surface area contributed by atoms with E-state index < -0.39 is 0 Å². The van der Waals surface area contributed by atoms with Gasteiger partial charge in [-0.25, -0.2) is 0 Å². The highest BCUT2D eigenvalue weighted by molar-refractivity contribution is 5.37. The Kier molecular flexibility index (Phi) is 4.27. The van der Waals surface area contributed by atoms with Gasteiger partial charge in [0.25, 0.3) is 0 Å². The molecule has 1 aliphatic carbocycles. The predicted octanol–water partition coefficient (Wildman–Crippen LogP) is 3.34. The zero-order chi connectivity index (χ0) is 13.9. The number of hydrogen-bond acceptors (Lipinski definition) is 2. The van der Waals surface area contributed by atoms with E-state index in [1.54, 1.807) is 0 Å². The van der Waals surface area contributed by atoms with Crippen LogP contribution in [0.1, 0.15) is 50.3 Å². The van der Waals surface area contributed by atoms with Gasteiger partial charge in [-0.05, 0) is 49.3 Å². The summed E-state index contributed by atoms with van der Waals surface area (Å²) in [7, 11) is 0. The molecule has 2 heteroatoms. The molecule has 1 aromatic carbocycles. The summed E-state index contributed by atoms with van der Waals surface area (Å²) in [6, 6.07) is 9.10. The molecule has 0 bridgehead atoms. The van der Waals surface area contributed by atoms with Crippen LogP contribution in [0.2, 0.25) is 0 Å². The van der Waals surface area contributed by atoms with Crippen molar-refractivity contribution >= 4 is 0 Å². The summed E-state index contributed by atoms with van der Waals surface area (Å²) < 4.78 is 0. The minimum atomic E-state index is -0.0862. The van der Waals surface area contributed by atoms with Crippen LogP contribution in [0.15, 0.2) is 18.2 Å². The van der Waals surface area contributed by atoms with E-state index in [1.165, 1.54) is 42.4 Å². The molecular formula is C17H24N2. The Balaban J connectivity index is 2.14. The van der Waals surface area contributed by atoms with Crippen LogP contribution in [0.5, 0.6) is 0 Å². The molecule has 0 aliphatic heterocycles. The Morgan fingerprint density at radius 2 is 1.95 bits per heavy atom. The first-order chi connectivity index (χ1) is 9.03. The number of aryl methyl sites for hydroxylation is 2. The summed E-state index contributed by atoms with van der Waals surface area (Å²) >= 11 is 0. The molecule has 0 spiro atoms. The second kappa shape index (κ2) is 5.75. The Hall–Kier alpha value is -1.33. The van der Waals surface area contributed by atoms with Crippen LogP contribution in [0.3, 0.4) is 0 Å². The summed E-state index contributed by atoms with van der Waals surface area (Å²) in [4.78, 5) is 0. The van der Waals surface area contributed by atoms with E-state index in [2.05, 4.69) is 43.4 Å². The fourth-order valence-electron chi connectivity index (χ4n) is 2.71. The molecule has 1 aliphatic rings. The highest BCUT2D eigenvalue weighted by atomic mass is 14.9. The molecule has 0 saturated carbocycles. The van der Waals surface area contributed by atoms with Gasteiger partial charge in [0.05, 0.1) is 12.1 Å². The largest absolute Gasteiger partial charge is 0.301 e. The second-order valence-electron chi connectivity index (χ2n) is 6.31. The molecule has 2 rings (SSSR count). The number of benzene rings is 1. The van der Waals surface area contributed by atoms with Crippen molar-refractivity contribution in [3.63, 3.8) is 0 Å². The molecule has 0 radical (unpaired) electrons. The number of rotatable bonds is 4. The molecule has 2 nitrogen and oxygen atoms in total. The summed E-state index contributed by atoms with van der Waals surface area (Å²) in [6.07, 6.45) is 5.11. The van der Waals surface area contributed by atoms with E-state index in [0.29, 0.717) is 0 Å². The molecule has 1 unspecified atom stereocenters. The molecule has 1 atom stereocenters. The van der Waals surface area contributed by atoms with Crippen LogP contribution in [-0.2, 0) is 18.3 Å². The van der Waals surface area contributed by atoms with Gasteiger partial charge in [-0.3, -0.25) is 0 Å². The lowest BCUT2D eigenvalue weighted by atomic mass is 9.80. The van der Waals surface area contributed by atoms with Gasteiger partial charge in [0.1, 0.15) is 0 Å². The van der Waals surface area contributed by atoms with Crippen LogP contribution in [0.25, 0.3) is 0 Å². The molecule has 1 aromatic rings. The lowest BCUT2D eigenvalue weighted by molar-refractivity contribution is 0.456. The van der Waals surface area contributed by atoms with Crippen molar-refractivity contribution < 1.29 is 0 Å². The van der Waals surface area contributed by atoms with Crippen molar-refractivity contribution in [3.05, 3.63) is 34.9 Å². The molecule has 0 fully saturated rings. The van der Waals surface area contributed by atoms with Gasteiger partial charge in [0.15, 0.2) is 0 Å². The third-order valence-electron chi connectivity index (χ3n) is 4.17. The monoisotopic (exact) mass is 256 g/mol. The van der Waals surface area contributed by atoms with E-state index in [9.17, 15) is 0 Å². The molecule has 0 amide bonds. The van der Waals surface area contributed by atoms with Crippen LogP contribution in [-0.4, -0.2) is 12.6 Å². The van der Waals surface area contributed by atoms with Crippen LogP contribution in [0.4, 0.5) is 0 Å². The summed E-state index contributed by atoms with van der Waals surface area (Å²) in [6.45, 7) is 7.23. The van der Waals surface area contributed by atoms with Gasteiger partial charge in [-0.2, -0.15) is 5.26 Å². The molecule has 0 saturated heterocycles. The van der Waals surface area contributed by atoms with Crippen molar-refractivity contribution in [2.45, 2.75) is 57.9 Å². The minimum Gasteiger partial charge on any atom is -0.301 e. The fraction of sp³-hybridized carbons (Fsp3) is 0.588. The number of fused-ring (bicyclic) bond motifs is 1. The molecule has 0 heterocycles. The third-order valence-corrected chi connectivity index (χ3v) is 4.17. The Morgan fingerprint density at radius 3 is 2.63 bits per heavy atom. The van der Waals surface area contributed by atoms with E-state index in [1.807, 2.05) is 6.92 Å². The van der Waals surface area contributed by atoms with Gasteiger partial charge in [-0.15, -0.1) is 0 Å². The van der Waals surface area contributed by atoms with Gasteiger partial charge >= 0.3 is 0 Å². The third kappa shape index (κ3) is 3.36. The Morgan fingerprint density at radius 1 is 1.26 bits per heavy atom. The van der Waals surface area contributed by atoms with Crippen LogP contribution in [0, 0.1) is 11.3 Å². The van der Waals surface area contributed by atoms with Crippen molar-refractivity contribution in [2.24, 2.45) is 0 Å². The Labute approximate surface area is 116 Å². The van der Waals surface area contributed by atoms with Crippen molar-refractivity contribution in [1.29, 1.82) is 5.26 Å². The lowest BCUT2D eigenvalue weighted by Crippen LogP contribution is -2.37. The maximum absolute atomic E-state index is 8.85. The van der Waals surface area contributed by atoms with E-state index >= 15 is 0 Å². The SMILES string of the molecule is CC(C#N)NCC(C)(C)c1ccc2c(c1)CCCC2. The molecular weight excluding hydrogens is 232 g/mol. The number of nitrogens with zero attached hydrogens (tertiary/aromatic N) is 1. The summed E-state index contributed by atoms with van der Waals surface area (Å²) in [5, 5.41) is 12.1. The van der Waals surface area contributed by atoms with Gasteiger partial charge in [0.2, 0.25) is 0 Å². The molecule has 19 heavy (non-hydrogen) atoms. The molecule has 1 N–H and O–H groups in total. The predicted molar refractivity (Wildman–Crippen MR) is 79.2 cm³/mol. The first-order valence-electron chi connectivity index (χ1n) is 7.28. The number of nitriles is 1. The van der Waals surface area contributed by atoms with E-state index in [-0.39, 0.29) is 11.5 Å². The van der Waals surface area contributed by atoms with Crippen molar-refractivity contribution in [2.75, 3.05) is 6.54 Å².